The fraction of sp³-hybridized carbons (Fsp3) is 0.947. The number of piperidine rings is 1. The molecule has 2 aliphatic rings. The van der Waals surface area contributed by atoms with Gasteiger partial charge in [0.15, 0.2) is 5.96 Å². The molecular weight excluding hydrogens is 350 g/mol. The van der Waals surface area contributed by atoms with Crippen LogP contribution in [0.25, 0.3) is 0 Å². The number of hydrogen-bond donors (Lipinski definition) is 1. The second-order valence-corrected chi connectivity index (χ2v) is 10.2. The Morgan fingerprint density at radius 2 is 1.81 bits per heavy atom. The highest BCUT2D eigenvalue weighted by molar-refractivity contribution is 7.90. The van der Waals surface area contributed by atoms with E-state index < -0.39 is 9.84 Å². The van der Waals surface area contributed by atoms with Gasteiger partial charge < -0.3 is 15.0 Å². The molecule has 0 radical (unpaired) electrons. The van der Waals surface area contributed by atoms with E-state index in [9.17, 15) is 8.42 Å². The highest BCUT2D eigenvalue weighted by Gasteiger charge is 2.36. The van der Waals surface area contributed by atoms with E-state index in [0.717, 1.165) is 25.6 Å². The van der Waals surface area contributed by atoms with Crippen molar-refractivity contribution in [2.75, 3.05) is 51.4 Å². The third-order valence-electron chi connectivity index (χ3n) is 5.56. The van der Waals surface area contributed by atoms with Gasteiger partial charge in [-0.3, -0.25) is 4.99 Å². The van der Waals surface area contributed by atoms with Gasteiger partial charge in [0.1, 0.15) is 9.84 Å². The van der Waals surface area contributed by atoms with Gasteiger partial charge in [0.25, 0.3) is 0 Å². The Hall–Kier alpha value is -0.820. The van der Waals surface area contributed by atoms with E-state index in [2.05, 4.69) is 17.1 Å². The maximum Gasteiger partial charge on any atom is 0.194 e. The van der Waals surface area contributed by atoms with Crippen LogP contribution < -0.4 is 5.32 Å². The Morgan fingerprint density at radius 1 is 1.12 bits per heavy atom. The van der Waals surface area contributed by atoms with Crippen LogP contribution in [0.15, 0.2) is 4.99 Å². The number of likely N-dealkylation sites (tertiary alicyclic amines) is 1. The summed E-state index contributed by atoms with van der Waals surface area (Å²) >= 11 is 0. The lowest BCUT2D eigenvalue weighted by molar-refractivity contribution is 0.115. The summed E-state index contributed by atoms with van der Waals surface area (Å²) in [6, 6.07) is 0. The van der Waals surface area contributed by atoms with Gasteiger partial charge in [0, 0.05) is 25.9 Å². The van der Waals surface area contributed by atoms with Gasteiger partial charge in [0.05, 0.1) is 25.5 Å². The lowest BCUT2D eigenvalue weighted by Crippen LogP contribution is -2.50. The van der Waals surface area contributed by atoms with Crippen LogP contribution in [0.3, 0.4) is 0 Å². The molecule has 2 rings (SSSR count). The average Bonchev–Trinajstić information content (AvgIpc) is 2.81. The second kappa shape index (κ2) is 10.5. The van der Waals surface area contributed by atoms with Crippen LogP contribution in [-0.2, 0) is 14.6 Å². The summed E-state index contributed by atoms with van der Waals surface area (Å²) in [6.07, 6.45) is 12.1. The number of hydrogen-bond acceptors (Lipinski definition) is 4. The third kappa shape index (κ3) is 7.43. The fourth-order valence-electron chi connectivity index (χ4n) is 4.23. The molecule has 7 heteroatoms. The largest absolute Gasteiger partial charge is 0.378 e. The van der Waals surface area contributed by atoms with Crippen molar-refractivity contribution in [1.82, 2.24) is 10.2 Å². The first-order chi connectivity index (χ1) is 12.4. The summed E-state index contributed by atoms with van der Waals surface area (Å²) in [7, 11) is -2.95. The lowest BCUT2D eigenvalue weighted by atomic mass is 9.74. The fourth-order valence-corrected chi connectivity index (χ4v) is 4.65. The van der Waals surface area contributed by atoms with Crippen molar-refractivity contribution < 1.29 is 13.2 Å². The van der Waals surface area contributed by atoms with E-state index in [1.54, 1.807) is 0 Å². The second-order valence-electron chi connectivity index (χ2n) is 7.92. The minimum atomic E-state index is -2.95. The standard InChI is InChI=1S/C19H37N3O3S/c1-3-20-18(21-12-14-25-15-16-26(2,23)24)22-13-8-11-19(17-22)9-6-4-5-7-10-19/h3-17H2,1-2H3,(H,20,21). The molecule has 0 amide bonds. The molecule has 0 bridgehead atoms. The van der Waals surface area contributed by atoms with Crippen LogP contribution in [0.5, 0.6) is 0 Å². The Morgan fingerprint density at radius 3 is 2.46 bits per heavy atom. The van der Waals surface area contributed by atoms with Crippen molar-refractivity contribution in [3.05, 3.63) is 0 Å². The maximum absolute atomic E-state index is 11.1. The molecule has 152 valence electrons. The predicted molar refractivity (Wildman–Crippen MR) is 107 cm³/mol. The zero-order valence-electron chi connectivity index (χ0n) is 16.6. The average molecular weight is 388 g/mol. The molecule has 0 aromatic heterocycles. The first-order valence-electron chi connectivity index (χ1n) is 10.2. The molecule has 1 spiro atoms. The van der Waals surface area contributed by atoms with Crippen molar-refractivity contribution >= 4 is 15.8 Å². The van der Waals surface area contributed by atoms with E-state index in [4.69, 9.17) is 9.73 Å². The van der Waals surface area contributed by atoms with E-state index in [1.807, 2.05) is 0 Å². The van der Waals surface area contributed by atoms with Gasteiger partial charge in [-0.25, -0.2) is 8.42 Å². The molecule has 1 aliphatic carbocycles. The molecule has 1 aliphatic heterocycles. The highest BCUT2D eigenvalue weighted by atomic mass is 32.2. The molecule has 0 aromatic rings. The quantitative estimate of drug-likeness (QED) is 0.413. The van der Waals surface area contributed by atoms with Gasteiger partial charge >= 0.3 is 0 Å². The minimum Gasteiger partial charge on any atom is -0.378 e. The van der Waals surface area contributed by atoms with E-state index in [0.29, 0.717) is 18.6 Å². The van der Waals surface area contributed by atoms with Crippen LogP contribution in [-0.4, -0.2) is 70.7 Å². The van der Waals surface area contributed by atoms with Gasteiger partial charge in [-0.05, 0) is 38.0 Å². The number of rotatable bonds is 7. The molecule has 1 saturated heterocycles. The first-order valence-corrected chi connectivity index (χ1v) is 12.3. The zero-order valence-corrected chi connectivity index (χ0v) is 17.5. The summed E-state index contributed by atoms with van der Waals surface area (Å²) in [5.41, 5.74) is 0.483. The van der Waals surface area contributed by atoms with Gasteiger partial charge in [-0.1, -0.05) is 25.7 Å². The zero-order chi connectivity index (χ0) is 18.9. The molecule has 1 heterocycles. The van der Waals surface area contributed by atoms with E-state index in [-0.39, 0.29) is 12.4 Å². The SMILES string of the molecule is CCNC(=NCCOCCS(C)(=O)=O)N1CCCC2(CCCCCC2)C1. The Labute approximate surface area is 159 Å². The molecule has 2 fully saturated rings. The Balaban J connectivity index is 1.86. The van der Waals surface area contributed by atoms with Crippen LogP contribution in [0.2, 0.25) is 0 Å². The highest BCUT2D eigenvalue weighted by Crippen LogP contribution is 2.42. The van der Waals surface area contributed by atoms with Crippen LogP contribution in [0.1, 0.15) is 58.3 Å². The number of sulfone groups is 1. The summed E-state index contributed by atoms with van der Waals surface area (Å²) < 4.78 is 27.6. The number of nitrogens with zero attached hydrogens (tertiary/aromatic N) is 2. The molecular formula is C19H37N3O3S. The normalized spacial score (nSPS) is 21.6. The molecule has 1 N–H and O–H groups in total. The number of nitrogens with one attached hydrogen (secondary N) is 1. The third-order valence-corrected chi connectivity index (χ3v) is 6.46. The predicted octanol–water partition coefficient (Wildman–Crippen LogP) is 2.45. The molecule has 0 atom stereocenters. The van der Waals surface area contributed by atoms with Gasteiger partial charge in [-0.15, -0.1) is 0 Å². The van der Waals surface area contributed by atoms with Gasteiger partial charge in [0.2, 0.25) is 0 Å². The van der Waals surface area contributed by atoms with Crippen LogP contribution >= 0.6 is 0 Å². The Kier molecular flexibility index (Phi) is 8.67. The molecule has 26 heavy (non-hydrogen) atoms. The summed E-state index contributed by atoms with van der Waals surface area (Å²) in [5.74, 6) is 1.06. The van der Waals surface area contributed by atoms with Crippen LogP contribution in [0, 0.1) is 5.41 Å². The summed E-state index contributed by atoms with van der Waals surface area (Å²) in [4.78, 5) is 7.17. The smallest absolute Gasteiger partial charge is 0.194 e. The first kappa shape index (κ1) is 21.5. The number of ether oxygens (including phenoxy) is 1. The van der Waals surface area contributed by atoms with Crippen molar-refractivity contribution in [1.29, 1.82) is 0 Å². The molecule has 1 saturated carbocycles. The van der Waals surface area contributed by atoms with Gasteiger partial charge in [-0.2, -0.15) is 0 Å². The Bertz CT molecular complexity index is 540. The molecule has 0 aromatic carbocycles. The topological polar surface area (TPSA) is 71.0 Å². The summed E-state index contributed by atoms with van der Waals surface area (Å²) in [6.45, 7) is 6.42. The lowest BCUT2D eigenvalue weighted by Gasteiger charge is -2.44. The van der Waals surface area contributed by atoms with Crippen molar-refractivity contribution in [3.63, 3.8) is 0 Å². The number of aliphatic imine (C=N–C) groups is 1. The maximum atomic E-state index is 11.1. The van der Waals surface area contributed by atoms with Crippen molar-refractivity contribution in [2.45, 2.75) is 58.3 Å². The van der Waals surface area contributed by atoms with Crippen molar-refractivity contribution in [2.24, 2.45) is 10.4 Å². The minimum absolute atomic E-state index is 0.0748. The van der Waals surface area contributed by atoms with E-state index in [1.165, 1.54) is 57.6 Å². The summed E-state index contributed by atoms with van der Waals surface area (Å²) in [5, 5.41) is 3.43. The number of guanidine groups is 1. The van der Waals surface area contributed by atoms with Crippen LogP contribution in [0.4, 0.5) is 0 Å². The monoisotopic (exact) mass is 387 g/mol. The molecule has 0 unspecified atom stereocenters. The van der Waals surface area contributed by atoms with Crippen molar-refractivity contribution in [3.8, 4) is 0 Å². The molecule has 6 nitrogen and oxygen atoms in total. The van der Waals surface area contributed by atoms with E-state index >= 15 is 0 Å².